The molecule has 0 aromatic carbocycles. The summed E-state index contributed by atoms with van der Waals surface area (Å²) in [6.07, 6.45) is -6.71. The average molecular weight is 338 g/mol. The third-order valence-electron chi connectivity index (χ3n) is 1.14. The first-order valence-corrected chi connectivity index (χ1v) is 4.13. The molecule has 0 aliphatic rings. The molecule has 0 amide bonds. The van der Waals surface area contributed by atoms with Crippen LogP contribution in [0.5, 0.6) is 0 Å². The summed E-state index contributed by atoms with van der Waals surface area (Å²) in [5.74, 6) is -13.2. The second-order valence-corrected chi connectivity index (χ2v) is 4.01. The van der Waals surface area contributed by atoms with Gasteiger partial charge in [0, 0.05) is 0 Å². The zero-order valence-electron chi connectivity index (χ0n) is 5.90. The van der Waals surface area contributed by atoms with E-state index in [4.69, 9.17) is 0 Å². The van der Waals surface area contributed by atoms with Gasteiger partial charge in [-0.25, -0.2) is 0 Å². The van der Waals surface area contributed by atoms with Crippen LogP contribution in [0.4, 0.5) is 39.5 Å². The van der Waals surface area contributed by atoms with Crippen LogP contribution in [-0.2, 0) is 0 Å². The summed E-state index contributed by atoms with van der Waals surface area (Å²) in [7, 11) is 0. The SMILES string of the molecule is FC(F)(F)C(F)(F)C(F)(F)[C](F)(F)[Sn]. The first kappa shape index (κ1) is 14.2. The summed E-state index contributed by atoms with van der Waals surface area (Å²) in [4.78, 5) is 0. The molecule has 0 rings (SSSR count). The Labute approximate surface area is 84.5 Å². The summed E-state index contributed by atoms with van der Waals surface area (Å²) in [6, 6.07) is 0. The van der Waals surface area contributed by atoms with Gasteiger partial charge in [0.2, 0.25) is 0 Å². The number of hydrogen-bond acceptors (Lipinski definition) is 0. The van der Waals surface area contributed by atoms with E-state index in [9.17, 15) is 39.5 Å². The molecule has 0 aliphatic carbocycles. The second kappa shape index (κ2) is 3.34. The Morgan fingerprint density at radius 3 is 0.929 bits per heavy atom. The van der Waals surface area contributed by atoms with Crippen LogP contribution in [-0.4, -0.2) is 44.5 Å². The Bertz CT molecular complexity index is 186. The molecule has 0 aromatic rings. The molecule has 14 heavy (non-hydrogen) atoms. The Hall–Kier alpha value is 0.169. The topological polar surface area (TPSA) is 0 Å². The van der Waals surface area contributed by atoms with E-state index in [-0.39, 0.29) is 0 Å². The third-order valence-corrected chi connectivity index (χ3v) is 2.04. The first-order valence-electron chi connectivity index (χ1n) is 2.70. The fourth-order valence-corrected chi connectivity index (χ4v) is 0.823. The Balaban J connectivity index is 5.30. The molecule has 0 N–H and O–H groups in total. The predicted molar refractivity (Wildman–Crippen MR) is 26.6 cm³/mol. The monoisotopic (exact) mass is 339 g/mol. The third kappa shape index (κ3) is 2.06. The second-order valence-electron chi connectivity index (χ2n) is 2.22. The Kier molecular flexibility index (Phi) is 3.38. The van der Waals surface area contributed by atoms with E-state index in [1.807, 2.05) is 0 Å². The van der Waals surface area contributed by atoms with Gasteiger partial charge in [0.05, 0.1) is 0 Å². The van der Waals surface area contributed by atoms with Crippen molar-refractivity contribution in [1.82, 2.24) is 0 Å². The normalized spacial score (nSPS) is 15.9. The first-order chi connectivity index (χ1) is 5.75. The van der Waals surface area contributed by atoms with E-state index in [0.29, 0.717) is 0 Å². The van der Waals surface area contributed by atoms with Crippen LogP contribution in [0.3, 0.4) is 0 Å². The van der Waals surface area contributed by atoms with Crippen molar-refractivity contribution in [3.8, 4) is 0 Å². The van der Waals surface area contributed by atoms with E-state index in [2.05, 4.69) is 0 Å². The van der Waals surface area contributed by atoms with Crippen molar-refractivity contribution in [2.45, 2.75) is 22.0 Å². The zero-order chi connectivity index (χ0) is 12.0. The Morgan fingerprint density at radius 1 is 0.571 bits per heavy atom. The van der Waals surface area contributed by atoms with Gasteiger partial charge in [-0.15, -0.1) is 0 Å². The molecule has 0 aromatic heterocycles. The van der Waals surface area contributed by atoms with Crippen LogP contribution in [0.15, 0.2) is 0 Å². The van der Waals surface area contributed by atoms with Gasteiger partial charge >= 0.3 is 84.0 Å². The van der Waals surface area contributed by atoms with Crippen molar-refractivity contribution in [3.63, 3.8) is 0 Å². The summed E-state index contributed by atoms with van der Waals surface area (Å²) in [6.45, 7) is 0. The molecular formula is C4F9Sn. The van der Waals surface area contributed by atoms with Crippen molar-refractivity contribution in [3.05, 3.63) is 0 Å². The van der Waals surface area contributed by atoms with Gasteiger partial charge in [0.1, 0.15) is 0 Å². The maximum absolute atomic E-state index is 12.0. The molecule has 83 valence electrons. The number of rotatable bonds is 2. The molecule has 0 fully saturated rings. The molecule has 0 unspecified atom stereocenters. The molecule has 0 heterocycles. The Morgan fingerprint density at radius 2 is 0.857 bits per heavy atom. The summed E-state index contributed by atoms with van der Waals surface area (Å²) in [5, 5.41) is 0. The van der Waals surface area contributed by atoms with E-state index in [1.54, 1.807) is 0 Å². The molecule has 3 radical (unpaired) electrons. The van der Waals surface area contributed by atoms with Crippen molar-refractivity contribution in [2.75, 3.05) is 0 Å². The minimum atomic E-state index is -6.74. The van der Waals surface area contributed by atoms with E-state index >= 15 is 0 Å². The molecule has 0 aliphatic heterocycles. The average Bonchev–Trinajstić information content (AvgIpc) is 1.81. The maximum atomic E-state index is 12.0. The van der Waals surface area contributed by atoms with Gasteiger partial charge in [-0.2, -0.15) is 0 Å². The van der Waals surface area contributed by atoms with Gasteiger partial charge in [0.15, 0.2) is 0 Å². The van der Waals surface area contributed by atoms with Gasteiger partial charge in [-0.3, -0.25) is 0 Å². The predicted octanol–water partition coefficient (Wildman–Crippen LogP) is 2.58. The molecule has 0 saturated carbocycles. The summed E-state index contributed by atoms with van der Waals surface area (Å²) >= 11 is -1.43. The molecular weight excluding hydrogens is 338 g/mol. The van der Waals surface area contributed by atoms with Gasteiger partial charge in [-0.1, -0.05) is 0 Å². The summed E-state index contributed by atoms with van der Waals surface area (Å²) < 4.78 is 100.0. The van der Waals surface area contributed by atoms with Gasteiger partial charge < -0.3 is 0 Å². The molecule has 0 nitrogen and oxygen atoms in total. The van der Waals surface area contributed by atoms with Crippen molar-refractivity contribution < 1.29 is 39.5 Å². The van der Waals surface area contributed by atoms with E-state index in [0.717, 1.165) is 0 Å². The molecule has 0 saturated heterocycles. The van der Waals surface area contributed by atoms with Gasteiger partial charge in [-0.05, 0) is 0 Å². The van der Waals surface area contributed by atoms with Crippen LogP contribution in [0, 0.1) is 0 Å². The zero-order valence-corrected chi connectivity index (χ0v) is 8.76. The number of alkyl halides is 9. The number of halogens is 9. The molecule has 10 heteroatoms. The van der Waals surface area contributed by atoms with Crippen LogP contribution in [0.25, 0.3) is 0 Å². The summed E-state index contributed by atoms with van der Waals surface area (Å²) in [5.41, 5.74) is 0. The van der Waals surface area contributed by atoms with Crippen molar-refractivity contribution >= 4 is 22.5 Å². The van der Waals surface area contributed by atoms with E-state index in [1.165, 1.54) is 0 Å². The number of hydrogen-bond donors (Lipinski definition) is 0. The van der Waals surface area contributed by atoms with Crippen LogP contribution in [0.2, 0.25) is 0 Å². The van der Waals surface area contributed by atoms with Gasteiger partial charge in [0.25, 0.3) is 0 Å². The quantitative estimate of drug-likeness (QED) is 0.537. The van der Waals surface area contributed by atoms with Crippen molar-refractivity contribution in [2.24, 2.45) is 0 Å². The fourth-order valence-electron chi connectivity index (χ4n) is 0.375. The van der Waals surface area contributed by atoms with Crippen LogP contribution in [0.1, 0.15) is 0 Å². The van der Waals surface area contributed by atoms with Crippen molar-refractivity contribution in [1.29, 1.82) is 0 Å². The molecule has 0 atom stereocenters. The minimum absolute atomic E-state index is 1.43. The fraction of sp³-hybridized carbons (Fsp3) is 1.00. The molecule has 0 bridgehead atoms. The van der Waals surface area contributed by atoms with E-state index < -0.39 is 44.5 Å². The van der Waals surface area contributed by atoms with Crippen LogP contribution < -0.4 is 0 Å². The van der Waals surface area contributed by atoms with Crippen LogP contribution >= 0.6 is 0 Å². The molecule has 0 spiro atoms. The standard InChI is InChI=1S/C4F9.Sn/c5-1(6)2(7,8)3(9,10)4(11,12)13;.